The standard InChI is InChI=1S/C15H17BrO3/c1-8-9-4-6-14(2)7-5-10(17)15(3,16)12(14)11(9)19-13(8)18/h5,7,9,11-12H,1,4,6H2,2-3H3/t9-,11-,12+,14-,15+/m0/s1. The summed E-state index contributed by atoms with van der Waals surface area (Å²) in [6.45, 7) is 7.89. The van der Waals surface area contributed by atoms with Gasteiger partial charge in [-0.3, -0.25) is 4.79 Å². The quantitative estimate of drug-likeness (QED) is 0.391. The van der Waals surface area contributed by atoms with Crippen LogP contribution in [-0.2, 0) is 14.3 Å². The molecule has 0 unspecified atom stereocenters. The fourth-order valence-electron chi connectivity index (χ4n) is 3.96. The van der Waals surface area contributed by atoms with E-state index in [2.05, 4.69) is 29.4 Å². The predicted octanol–water partition coefficient (Wildman–Crippen LogP) is 2.79. The number of carbonyl (C=O) groups excluding carboxylic acids is 2. The van der Waals surface area contributed by atoms with Gasteiger partial charge in [0.05, 0.1) is 4.32 Å². The Morgan fingerprint density at radius 1 is 1.42 bits per heavy atom. The van der Waals surface area contributed by atoms with Crippen LogP contribution in [0.15, 0.2) is 24.3 Å². The Labute approximate surface area is 121 Å². The third kappa shape index (κ3) is 1.62. The van der Waals surface area contributed by atoms with E-state index < -0.39 is 4.32 Å². The summed E-state index contributed by atoms with van der Waals surface area (Å²) in [7, 11) is 0. The smallest absolute Gasteiger partial charge is 0.334 e. The van der Waals surface area contributed by atoms with Crippen LogP contribution < -0.4 is 0 Å². The van der Waals surface area contributed by atoms with E-state index in [0.29, 0.717) is 5.57 Å². The lowest BCUT2D eigenvalue weighted by molar-refractivity contribution is -0.148. The number of ether oxygens (including phenoxy) is 1. The molecule has 0 amide bonds. The van der Waals surface area contributed by atoms with Crippen LogP contribution in [0.4, 0.5) is 0 Å². The second-order valence-corrected chi connectivity index (χ2v) is 7.94. The molecule has 3 nitrogen and oxygen atoms in total. The van der Waals surface area contributed by atoms with E-state index in [1.54, 1.807) is 6.08 Å². The summed E-state index contributed by atoms with van der Waals surface area (Å²) >= 11 is 3.59. The van der Waals surface area contributed by atoms with E-state index in [9.17, 15) is 9.59 Å². The molecule has 2 fully saturated rings. The van der Waals surface area contributed by atoms with Crippen molar-refractivity contribution in [2.75, 3.05) is 0 Å². The molecule has 5 atom stereocenters. The minimum atomic E-state index is -0.676. The Bertz CT molecular complexity index is 519. The van der Waals surface area contributed by atoms with Gasteiger partial charge in [-0.05, 0) is 31.3 Å². The molecule has 0 aromatic rings. The molecule has 0 N–H and O–H groups in total. The fraction of sp³-hybridized carbons (Fsp3) is 0.600. The highest BCUT2D eigenvalue weighted by Crippen LogP contribution is 2.58. The van der Waals surface area contributed by atoms with Gasteiger partial charge in [0.25, 0.3) is 0 Å². The van der Waals surface area contributed by atoms with E-state index in [0.717, 1.165) is 12.8 Å². The Morgan fingerprint density at radius 3 is 2.79 bits per heavy atom. The van der Waals surface area contributed by atoms with Crippen molar-refractivity contribution in [1.82, 2.24) is 0 Å². The van der Waals surface area contributed by atoms with Gasteiger partial charge in [-0.2, -0.15) is 0 Å². The Morgan fingerprint density at radius 2 is 2.11 bits per heavy atom. The molecule has 102 valence electrons. The van der Waals surface area contributed by atoms with Gasteiger partial charge in [0.15, 0.2) is 5.78 Å². The summed E-state index contributed by atoms with van der Waals surface area (Å²) in [5.74, 6) is -0.241. The molecule has 3 aliphatic rings. The van der Waals surface area contributed by atoms with Crippen LogP contribution in [0.2, 0.25) is 0 Å². The predicted molar refractivity (Wildman–Crippen MR) is 74.8 cm³/mol. The van der Waals surface area contributed by atoms with Gasteiger partial charge < -0.3 is 4.74 Å². The van der Waals surface area contributed by atoms with Crippen LogP contribution >= 0.6 is 15.9 Å². The number of hydrogen-bond donors (Lipinski definition) is 0. The Kier molecular flexibility index (Phi) is 2.63. The molecular formula is C15H17BrO3. The molecule has 0 aromatic heterocycles. The highest BCUT2D eigenvalue weighted by atomic mass is 79.9. The summed E-state index contributed by atoms with van der Waals surface area (Å²) in [5.41, 5.74) is 0.454. The maximum atomic E-state index is 12.2. The van der Waals surface area contributed by atoms with Crippen LogP contribution in [0.1, 0.15) is 26.7 Å². The van der Waals surface area contributed by atoms with Crippen molar-refractivity contribution in [3.8, 4) is 0 Å². The topological polar surface area (TPSA) is 43.4 Å². The molecule has 0 aromatic carbocycles. The summed E-state index contributed by atoms with van der Waals surface area (Å²) in [4.78, 5) is 23.9. The lowest BCUT2D eigenvalue weighted by atomic mass is 9.56. The number of hydrogen-bond acceptors (Lipinski definition) is 3. The van der Waals surface area contributed by atoms with Crippen molar-refractivity contribution in [2.24, 2.45) is 17.3 Å². The monoisotopic (exact) mass is 324 g/mol. The molecule has 2 aliphatic carbocycles. The zero-order valence-corrected chi connectivity index (χ0v) is 12.7. The van der Waals surface area contributed by atoms with Crippen LogP contribution in [0.5, 0.6) is 0 Å². The van der Waals surface area contributed by atoms with Gasteiger partial charge in [-0.1, -0.05) is 35.5 Å². The van der Waals surface area contributed by atoms with Crippen LogP contribution in [0.25, 0.3) is 0 Å². The van der Waals surface area contributed by atoms with Crippen LogP contribution in [-0.4, -0.2) is 22.2 Å². The summed E-state index contributed by atoms with van der Waals surface area (Å²) in [6.07, 6.45) is 5.26. The van der Waals surface area contributed by atoms with E-state index in [1.807, 2.05) is 13.0 Å². The molecule has 0 spiro atoms. The lowest BCUT2D eigenvalue weighted by Crippen LogP contribution is -2.56. The van der Waals surface area contributed by atoms with Crippen molar-refractivity contribution in [1.29, 1.82) is 0 Å². The summed E-state index contributed by atoms with van der Waals surface area (Å²) < 4.78 is 4.87. The molecule has 4 heteroatoms. The molecule has 0 radical (unpaired) electrons. The SMILES string of the molecule is C=C1C(=O)O[C@@H]2[C@@H]3[C@](C)(C=CC(=O)[C@@]3(C)Br)CC[C@@H]12. The van der Waals surface area contributed by atoms with Gasteiger partial charge in [0.1, 0.15) is 6.10 Å². The van der Waals surface area contributed by atoms with E-state index in [-0.39, 0.29) is 35.1 Å². The number of rotatable bonds is 0. The summed E-state index contributed by atoms with van der Waals surface area (Å²) in [5, 5.41) is 0. The third-order valence-corrected chi connectivity index (χ3v) is 5.95. The zero-order chi connectivity index (χ0) is 14.0. The molecule has 1 saturated heterocycles. The number of ketones is 1. The number of fused-ring (bicyclic) bond motifs is 3. The lowest BCUT2D eigenvalue weighted by Gasteiger charge is -2.52. The summed E-state index contributed by atoms with van der Waals surface area (Å²) in [6, 6.07) is 0. The maximum Gasteiger partial charge on any atom is 0.334 e. The van der Waals surface area contributed by atoms with Crippen molar-refractivity contribution in [3.05, 3.63) is 24.3 Å². The van der Waals surface area contributed by atoms with Crippen molar-refractivity contribution in [2.45, 2.75) is 37.1 Å². The first-order chi connectivity index (χ1) is 8.77. The first-order valence-corrected chi connectivity index (χ1v) is 7.39. The van der Waals surface area contributed by atoms with Gasteiger partial charge >= 0.3 is 5.97 Å². The normalized spacial score (nSPS) is 48.8. The molecule has 1 saturated carbocycles. The van der Waals surface area contributed by atoms with E-state index in [4.69, 9.17) is 4.74 Å². The van der Waals surface area contributed by atoms with Crippen molar-refractivity contribution >= 4 is 27.7 Å². The zero-order valence-electron chi connectivity index (χ0n) is 11.1. The number of alkyl halides is 1. The largest absolute Gasteiger partial charge is 0.458 e. The third-order valence-electron chi connectivity index (χ3n) is 5.06. The minimum Gasteiger partial charge on any atom is -0.458 e. The minimum absolute atomic E-state index is 0.0422. The van der Waals surface area contributed by atoms with Gasteiger partial charge in [0.2, 0.25) is 0 Å². The van der Waals surface area contributed by atoms with Crippen molar-refractivity contribution in [3.63, 3.8) is 0 Å². The highest BCUT2D eigenvalue weighted by molar-refractivity contribution is 9.10. The second kappa shape index (κ2) is 3.81. The Hall–Kier alpha value is -0.900. The average molecular weight is 325 g/mol. The fourth-order valence-corrected chi connectivity index (χ4v) is 4.88. The van der Waals surface area contributed by atoms with Crippen LogP contribution in [0, 0.1) is 17.3 Å². The molecular weight excluding hydrogens is 308 g/mol. The number of allylic oxidation sites excluding steroid dienone is 2. The van der Waals surface area contributed by atoms with Gasteiger partial charge in [-0.25, -0.2) is 4.79 Å². The average Bonchev–Trinajstić information content (AvgIpc) is 2.60. The van der Waals surface area contributed by atoms with E-state index >= 15 is 0 Å². The first-order valence-electron chi connectivity index (χ1n) is 6.60. The van der Waals surface area contributed by atoms with Crippen LogP contribution in [0.3, 0.4) is 0 Å². The van der Waals surface area contributed by atoms with Gasteiger partial charge in [0, 0.05) is 17.4 Å². The Balaban J connectivity index is 2.09. The van der Waals surface area contributed by atoms with Gasteiger partial charge in [-0.15, -0.1) is 0 Å². The molecule has 3 rings (SSSR count). The molecule has 0 bridgehead atoms. The highest BCUT2D eigenvalue weighted by Gasteiger charge is 2.61. The number of esters is 1. The number of carbonyl (C=O) groups is 2. The van der Waals surface area contributed by atoms with E-state index in [1.165, 1.54) is 0 Å². The first kappa shape index (κ1) is 13.1. The second-order valence-electron chi connectivity index (χ2n) is 6.30. The van der Waals surface area contributed by atoms with Crippen molar-refractivity contribution < 1.29 is 14.3 Å². The maximum absolute atomic E-state index is 12.2. The number of halogens is 1. The molecule has 1 aliphatic heterocycles. The molecule has 1 heterocycles. The molecule has 19 heavy (non-hydrogen) atoms.